The lowest BCUT2D eigenvalue weighted by molar-refractivity contribution is -0.438. The highest BCUT2D eigenvalue weighted by Crippen LogP contribution is 2.48. The van der Waals surface area contributed by atoms with E-state index in [2.05, 4.69) is 117 Å². The summed E-state index contributed by atoms with van der Waals surface area (Å²) in [6.45, 7) is 13.1. The molecular formula is C40H52ClN2O3S+. The molecule has 47 heavy (non-hydrogen) atoms. The minimum absolute atomic E-state index is 0.0868. The van der Waals surface area contributed by atoms with E-state index in [0.29, 0.717) is 19.4 Å². The van der Waals surface area contributed by atoms with Crippen molar-refractivity contribution in [3.8, 4) is 0 Å². The van der Waals surface area contributed by atoms with Gasteiger partial charge in [0.05, 0.1) is 11.2 Å². The molecule has 5 rings (SSSR count). The topological polar surface area (TPSA) is 60.6 Å². The molecule has 252 valence electrons. The lowest BCUT2D eigenvalue weighted by atomic mass is 9.81. The second kappa shape index (κ2) is 14.7. The number of anilines is 1. The lowest BCUT2D eigenvalue weighted by Crippen LogP contribution is -2.28. The van der Waals surface area contributed by atoms with Gasteiger partial charge in [-0.2, -0.15) is 13.0 Å². The number of para-hydroxylation sites is 2. The average molecular weight is 676 g/mol. The molecule has 5 nitrogen and oxygen atoms in total. The molecule has 0 atom stereocenters. The van der Waals surface area contributed by atoms with Crippen molar-refractivity contribution in [2.45, 2.75) is 103 Å². The zero-order chi connectivity index (χ0) is 33.8. The van der Waals surface area contributed by atoms with Gasteiger partial charge in [-0.15, -0.1) is 0 Å². The minimum Gasteiger partial charge on any atom is -0.344 e. The zero-order valence-corrected chi connectivity index (χ0v) is 30.4. The van der Waals surface area contributed by atoms with Gasteiger partial charge in [0, 0.05) is 52.5 Å². The van der Waals surface area contributed by atoms with Crippen molar-refractivity contribution in [2.24, 2.45) is 0 Å². The molecular weight excluding hydrogens is 624 g/mol. The third kappa shape index (κ3) is 7.71. The summed E-state index contributed by atoms with van der Waals surface area (Å²) in [7, 11) is -3.97. The highest BCUT2D eigenvalue weighted by molar-refractivity contribution is 7.85. The van der Waals surface area contributed by atoms with Crippen LogP contribution in [0.25, 0.3) is 0 Å². The Morgan fingerprint density at radius 2 is 1.60 bits per heavy atom. The van der Waals surface area contributed by atoms with E-state index in [9.17, 15) is 13.0 Å². The van der Waals surface area contributed by atoms with Gasteiger partial charge >= 0.3 is 0 Å². The molecule has 0 fully saturated rings. The maximum Gasteiger partial charge on any atom is 0.264 e. The summed E-state index contributed by atoms with van der Waals surface area (Å²) in [6.07, 6.45) is 17.9. The van der Waals surface area contributed by atoms with Gasteiger partial charge in [0.25, 0.3) is 10.1 Å². The number of fused-ring (bicyclic) bond motifs is 2. The molecule has 2 heterocycles. The monoisotopic (exact) mass is 675 g/mol. The first-order valence-electron chi connectivity index (χ1n) is 17.4. The van der Waals surface area contributed by atoms with Gasteiger partial charge in [-0.05, 0) is 81.2 Å². The van der Waals surface area contributed by atoms with Gasteiger partial charge in [-0.25, -0.2) is 0 Å². The molecule has 0 saturated heterocycles. The van der Waals surface area contributed by atoms with E-state index in [-0.39, 0.29) is 16.6 Å². The third-order valence-electron chi connectivity index (χ3n) is 10.2. The van der Waals surface area contributed by atoms with Gasteiger partial charge in [-0.1, -0.05) is 93.8 Å². The Balaban J connectivity index is 1.44. The number of benzene rings is 2. The number of unbranched alkanes of at least 4 members (excludes halogenated alkanes) is 4. The first kappa shape index (κ1) is 35.4. The Bertz CT molecular complexity index is 1740. The molecule has 0 bridgehead atoms. The Kier molecular flexibility index (Phi) is 11.0. The standard InChI is InChI=1S/C40H51ClN2O3S/c1-6-7-8-13-27-42-34-21-11-9-19-32(34)39(2,3)36(42)25-23-30-17-16-18-31(38(30)41)24-26-37-40(4,5)33-20-10-12-22-35(33)43(37)28-14-15-29-47(44,45)46/h9-12,19-26H,6-8,13-18,27-29H2,1-5H3/p+1. The average Bonchev–Trinajstić information content (AvgIpc) is 3.38. The maximum absolute atomic E-state index is 11.3. The van der Waals surface area contributed by atoms with Crippen LogP contribution in [0.1, 0.15) is 104 Å². The molecule has 0 saturated carbocycles. The van der Waals surface area contributed by atoms with E-state index in [1.165, 1.54) is 59.5 Å². The van der Waals surface area contributed by atoms with Crippen LogP contribution in [0.15, 0.2) is 94.7 Å². The molecule has 2 aliphatic heterocycles. The Hall–Kier alpha value is -2.93. The van der Waals surface area contributed by atoms with Crippen molar-refractivity contribution < 1.29 is 17.5 Å². The summed E-state index contributed by atoms with van der Waals surface area (Å²) in [4.78, 5) is 2.31. The molecule has 0 radical (unpaired) electrons. The predicted molar refractivity (Wildman–Crippen MR) is 198 cm³/mol. The van der Waals surface area contributed by atoms with E-state index in [4.69, 9.17) is 11.6 Å². The Morgan fingerprint density at radius 3 is 2.34 bits per heavy atom. The second-order valence-electron chi connectivity index (χ2n) is 14.3. The normalized spacial score (nSPS) is 20.6. The van der Waals surface area contributed by atoms with E-state index >= 15 is 0 Å². The molecule has 7 heteroatoms. The minimum atomic E-state index is -3.97. The number of allylic oxidation sites excluding steroid dienone is 8. The molecule has 0 spiro atoms. The van der Waals surface area contributed by atoms with Crippen LogP contribution in [-0.2, 0) is 20.9 Å². The van der Waals surface area contributed by atoms with Gasteiger partial charge < -0.3 is 4.90 Å². The van der Waals surface area contributed by atoms with Crippen LogP contribution in [0, 0.1) is 0 Å². The first-order valence-corrected chi connectivity index (χ1v) is 19.4. The first-order chi connectivity index (χ1) is 22.4. The molecule has 1 aliphatic carbocycles. The number of rotatable bonds is 13. The van der Waals surface area contributed by atoms with Crippen LogP contribution in [0.3, 0.4) is 0 Å². The van der Waals surface area contributed by atoms with Crippen molar-refractivity contribution in [2.75, 3.05) is 23.7 Å². The molecule has 0 unspecified atom stereocenters. The van der Waals surface area contributed by atoms with E-state index in [1.54, 1.807) is 0 Å². The highest BCUT2D eigenvalue weighted by atomic mass is 35.5. The van der Waals surface area contributed by atoms with E-state index in [0.717, 1.165) is 42.1 Å². The fraction of sp³-hybridized carbons (Fsp3) is 0.475. The SMILES string of the molecule is CCCCCC[N+]1=C(C=CC2=C(Cl)C(=CC=C3N(CCCCS(=O)(=O)O)c4ccccc4C3(C)C)CCC2)C(C)(C)c2ccccc21. The van der Waals surface area contributed by atoms with Crippen molar-refractivity contribution in [3.63, 3.8) is 0 Å². The van der Waals surface area contributed by atoms with Crippen molar-refractivity contribution in [1.82, 2.24) is 0 Å². The van der Waals surface area contributed by atoms with Crippen LogP contribution in [0.2, 0.25) is 0 Å². The molecule has 3 aliphatic rings. The fourth-order valence-electron chi connectivity index (χ4n) is 7.58. The van der Waals surface area contributed by atoms with Crippen LogP contribution < -0.4 is 4.90 Å². The smallest absolute Gasteiger partial charge is 0.264 e. The highest BCUT2D eigenvalue weighted by Gasteiger charge is 2.44. The number of hydrogen-bond donors (Lipinski definition) is 1. The fourth-order valence-corrected chi connectivity index (χ4v) is 8.47. The molecule has 2 aromatic rings. The van der Waals surface area contributed by atoms with Gasteiger partial charge in [0.1, 0.15) is 6.54 Å². The Morgan fingerprint density at radius 1 is 0.872 bits per heavy atom. The summed E-state index contributed by atoms with van der Waals surface area (Å²) >= 11 is 7.19. The summed E-state index contributed by atoms with van der Waals surface area (Å²) in [6, 6.07) is 17.3. The van der Waals surface area contributed by atoms with Crippen LogP contribution in [0.4, 0.5) is 11.4 Å². The Labute approximate surface area is 288 Å². The molecule has 0 aromatic heterocycles. The molecule has 1 N–H and O–H groups in total. The molecule has 0 amide bonds. The van der Waals surface area contributed by atoms with Crippen LogP contribution >= 0.6 is 11.6 Å². The maximum atomic E-state index is 11.3. The van der Waals surface area contributed by atoms with E-state index in [1.807, 2.05) is 0 Å². The summed E-state index contributed by atoms with van der Waals surface area (Å²) in [5.74, 6) is -0.218. The molecule has 2 aromatic carbocycles. The van der Waals surface area contributed by atoms with Crippen molar-refractivity contribution in [1.29, 1.82) is 0 Å². The second-order valence-corrected chi connectivity index (χ2v) is 16.2. The number of nitrogens with zero attached hydrogens (tertiary/aromatic N) is 2. The largest absolute Gasteiger partial charge is 0.344 e. The van der Waals surface area contributed by atoms with Gasteiger partial charge in [-0.3, -0.25) is 4.55 Å². The predicted octanol–water partition coefficient (Wildman–Crippen LogP) is 10.2. The van der Waals surface area contributed by atoms with Gasteiger partial charge in [0.15, 0.2) is 5.71 Å². The van der Waals surface area contributed by atoms with Crippen molar-refractivity contribution in [3.05, 3.63) is 106 Å². The number of hydrogen-bond acceptors (Lipinski definition) is 3. The van der Waals surface area contributed by atoms with E-state index < -0.39 is 10.1 Å². The summed E-state index contributed by atoms with van der Waals surface area (Å²) < 4.78 is 34.4. The zero-order valence-electron chi connectivity index (χ0n) is 28.9. The number of halogens is 1. The van der Waals surface area contributed by atoms with Crippen molar-refractivity contribution >= 4 is 38.8 Å². The summed E-state index contributed by atoms with van der Waals surface area (Å²) in [5.41, 5.74) is 9.65. The van der Waals surface area contributed by atoms with Crippen LogP contribution in [-0.4, -0.2) is 42.1 Å². The lowest BCUT2D eigenvalue weighted by Gasteiger charge is -2.27. The third-order valence-corrected chi connectivity index (χ3v) is 11.5. The quantitative estimate of drug-likeness (QED) is 0.130. The summed E-state index contributed by atoms with van der Waals surface area (Å²) in [5, 5.41) is 0.848. The van der Waals surface area contributed by atoms with Crippen LogP contribution in [0.5, 0.6) is 0 Å². The van der Waals surface area contributed by atoms with Gasteiger partial charge in [0.2, 0.25) is 5.69 Å².